The van der Waals surface area contributed by atoms with Crippen LogP contribution in [0.25, 0.3) is 0 Å². The number of amides is 4. The smallest absolute Gasteiger partial charge is 0.325 e. The fourth-order valence-electron chi connectivity index (χ4n) is 4.08. The van der Waals surface area contributed by atoms with Crippen molar-refractivity contribution in [1.29, 1.82) is 0 Å². The first-order chi connectivity index (χ1) is 16.1. The maximum Gasteiger partial charge on any atom is 0.325 e. The second-order valence-corrected chi connectivity index (χ2v) is 10.0. The van der Waals surface area contributed by atoms with Gasteiger partial charge in [-0.1, -0.05) is 36.4 Å². The number of rotatable bonds is 5. The van der Waals surface area contributed by atoms with Crippen LogP contribution in [0.5, 0.6) is 0 Å². The number of urea groups is 1. The van der Waals surface area contributed by atoms with Crippen LogP contribution in [0.15, 0.2) is 53.4 Å². The van der Waals surface area contributed by atoms with Crippen LogP contribution in [-0.2, 0) is 25.2 Å². The molecule has 2 heterocycles. The molecule has 180 valence electrons. The van der Waals surface area contributed by atoms with Gasteiger partial charge in [-0.2, -0.15) is 4.31 Å². The second kappa shape index (κ2) is 8.76. The number of hydrogen-bond acceptors (Lipinski definition) is 5. The highest BCUT2D eigenvalue weighted by Gasteiger charge is 2.49. The molecule has 2 aliphatic rings. The number of nitrogens with zero attached hydrogens (tertiary/aromatic N) is 3. The van der Waals surface area contributed by atoms with E-state index in [1.54, 1.807) is 37.3 Å². The van der Waals surface area contributed by atoms with Gasteiger partial charge in [-0.25, -0.2) is 22.0 Å². The number of piperazine rings is 1. The average molecular weight is 493 g/mol. The lowest BCUT2D eigenvalue weighted by molar-refractivity contribution is -0.139. The molecule has 0 saturated carbocycles. The molecule has 2 aromatic carbocycles. The third kappa shape index (κ3) is 4.03. The van der Waals surface area contributed by atoms with Crippen molar-refractivity contribution in [3.63, 3.8) is 0 Å². The lowest BCUT2D eigenvalue weighted by atomic mass is 9.92. The third-order valence-electron chi connectivity index (χ3n) is 6.03. The molecule has 9 nitrogen and oxygen atoms in total. The lowest BCUT2D eigenvalue weighted by Crippen LogP contribution is -2.53. The molecular formula is C22H22F2N4O5S. The molecule has 1 atom stereocenters. The van der Waals surface area contributed by atoms with Crippen molar-refractivity contribution in [3.05, 3.63) is 65.7 Å². The molecule has 34 heavy (non-hydrogen) atoms. The summed E-state index contributed by atoms with van der Waals surface area (Å²) >= 11 is 0. The van der Waals surface area contributed by atoms with Gasteiger partial charge in [0.2, 0.25) is 15.9 Å². The first kappa shape index (κ1) is 23.8. The maximum absolute atomic E-state index is 14.0. The van der Waals surface area contributed by atoms with Gasteiger partial charge in [0.1, 0.15) is 23.7 Å². The monoisotopic (exact) mass is 492 g/mol. The highest BCUT2D eigenvalue weighted by molar-refractivity contribution is 7.89. The molecule has 2 aliphatic heterocycles. The molecular weight excluding hydrogens is 470 g/mol. The number of carbonyl (C=O) groups excluding carboxylic acids is 3. The number of imide groups is 1. The van der Waals surface area contributed by atoms with Crippen molar-refractivity contribution in [1.82, 2.24) is 19.4 Å². The molecule has 0 spiro atoms. The van der Waals surface area contributed by atoms with Gasteiger partial charge in [-0.05, 0) is 24.6 Å². The summed E-state index contributed by atoms with van der Waals surface area (Å²) < 4.78 is 54.3. The van der Waals surface area contributed by atoms with E-state index in [-0.39, 0.29) is 26.2 Å². The van der Waals surface area contributed by atoms with Gasteiger partial charge in [0.05, 0.1) is 0 Å². The minimum atomic E-state index is -4.44. The summed E-state index contributed by atoms with van der Waals surface area (Å²) in [6.07, 6.45) is 0. The van der Waals surface area contributed by atoms with E-state index in [2.05, 4.69) is 5.32 Å². The Kier molecular flexibility index (Phi) is 6.13. The predicted molar refractivity (Wildman–Crippen MR) is 116 cm³/mol. The van der Waals surface area contributed by atoms with Gasteiger partial charge in [-0.3, -0.25) is 14.5 Å². The van der Waals surface area contributed by atoms with Gasteiger partial charge in [-0.15, -0.1) is 0 Å². The Bertz CT molecular complexity index is 1230. The van der Waals surface area contributed by atoms with Crippen molar-refractivity contribution in [2.24, 2.45) is 0 Å². The SMILES string of the molecule is C[C@@]1(c2ccccc2)NC(=O)N(CC(=O)N2CCN(S(=O)(=O)c3c(F)cccc3F)CC2)C1=O. The van der Waals surface area contributed by atoms with Gasteiger partial charge in [0, 0.05) is 26.2 Å². The predicted octanol–water partition coefficient (Wildman–Crippen LogP) is 1.26. The molecule has 0 aliphatic carbocycles. The van der Waals surface area contributed by atoms with E-state index < -0.39 is 56.5 Å². The molecule has 1 N–H and O–H groups in total. The van der Waals surface area contributed by atoms with Crippen molar-refractivity contribution >= 4 is 27.9 Å². The lowest BCUT2D eigenvalue weighted by Gasteiger charge is -2.34. The topological polar surface area (TPSA) is 107 Å². The minimum absolute atomic E-state index is 0.0618. The third-order valence-corrected chi connectivity index (χ3v) is 7.98. The largest absolute Gasteiger partial charge is 0.338 e. The Labute approximate surface area is 195 Å². The Morgan fingerprint density at radius 1 is 0.971 bits per heavy atom. The fourth-order valence-corrected chi connectivity index (χ4v) is 5.61. The van der Waals surface area contributed by atoms with Gasteiger partial charge in [0.25, 0.3) is 5.91 Å². The van der Waals surface area contributed by atoms with E-state index in [0.29, 0.717) is 5.56 Å². The molecule has 4 amide bonds. The van der Waals surface area contributed by atoms with Crippen LogP contribution in [0.4, 0.5) is 13.6 Å². The molecule has 0 bridgehead atoms. The highest BCUT2D eigenvalue weighted by atomic mass is 32.2. The van der Waals surface area contributed by atoms with E-state index in [9.17, 15) is 31.6 Å². The number of benzene rings is 2. The maximum atomic E-state index is 14.0. The van der Waals surface area contributed by atoms with Crippen LogP contribution in [-0.4, -0.2) is 73.1 Å². The first-order valence-corrected chi connectivity index (χ1v) is 11.9. The molecule has 0 aromatic heterocycles. The summed E-state index contributed by atoms with van der Waals surface area (Å²) in [6, 6.07) is 10.7. The van der Waals surface area contributed by atoms with Crippen molar-refractivity contribution in [3.8, 4) is 0 Å². The number of halogens is 2. The quantitative estimate of drug-likeness (QED) is 0.633. The highest BCUT2D eigenvalue weighted by Crippen LogP contribution is 2.29. The Morgan fingerprint density at radius 2 is 1.56 bits per heavy atom. The van der Waals surface area contributed by atoms with Gasteiger partial charge >= 0.3 is 6.03 Å². The van der Waals surface area contributed by atoms with Gasteiger partial charge in [0.15, 0.2) is 4.90 Å². The minimum Gasteiger partial charge on any atom is -0.338 e. The fraction of sp³-hybridized carbons (Fsp3) is 0.318. The van der Waals surface area contributed by atoms with E-state index in [1.165, 1.54) is 4.90 Å². The zero-order chi connectivity index (χ0) is 24.7. The summed E-state index contributed by atoms with van der Waals surface area (Å²) in [7, 11) is -4.44. The summed E-state index contributed by atoms with van der Waals surface area (Å²) in [5.41, 5.74) is -0.739. The van der Waals surface area contributed by atoms with Crippen LogP contribution in [0.1, 0.15) is 12.5 Å². The van der Waals surface area contributed by atoms with E-state index in [4.69, 9.17) is 0 Å². The van der Waals surface area contributed by atoms with Gasteiger partial charge < -0.3 is 10.2 Å². The molecule has 4 rings (SSSR count). The number of carbonyl (C=O) groups is 3. The molecule has 2 aromatic rings. The molecule has 2 saturated heterocycles. The number of nitrogens with one attached hydrogen (secondary N) is 1. The van der Waals surface area contributed by atoms with Crippen molar-refractivity contribution in [2.45, 2.75) is 17.4 Å². The zero-order valence-corrected chi connectivity index (χ0v) is 19.0. The number of sulfonamides is 1. The number of hydrogen-bond donors (Lipinski definition) is 1. The van der Waals surface area contributed by atoms with Crippen molar-refractivity contribution in [2.75, 3.05) is 32.7 Å². The second-order valence-electron chi connectivity index (χ2n) is 8.15. The Hall–Kier alpha value is -3.38. The summed E-state index contributed by atoms with van der Waals surface area (Å²) in [5.74, 6) is -3.51. The summed E-state index contributed by atoms with van der Waals surface area (Å²) in [5, 5.41) is 2.62. The van der Waals surface area contributed by atoms with E-state index in [1.807, 2.05) is 0 Å². The Morgan fingerprint density at radius 3 is 2.15 bits per heavy atom. The summed E-state index contributed by atoms with van der Waals surface area (Å²) in [6.45, 7) is 0.537. The molecule has 0 radical (unpaired) electrons. The molecule has 12 heteroatoms. The summed E-state index contributed by atoms with van der Waals surface area (Å²) in [4.78, 5) is 39.3. The van der Waals surface area contributed by atoms with E-state index in [0.717, 1.165) is 27.4 Å². The van der Waals surface area contributed by atoms with Crippen LogP contribution >= 0.6 is 0 Å². The molecule has 2 fully saturated rings. The van der Waals surface area contributed by atoms with Crippen molar-refractivity contribution < 1.29 is 31.6 Å². The zero-order valence-electron chi connectivity index (χ0n) is 18.2. The molecule has 0 unspecified atom stereocenters. The first-order valence-electron chi connectivity index (χ1n) is 10.5. The van der Waals surface area contributed by atoms with Crippen LogP contribution in [0.2, 0.25) is 0 Å². The normalized spacial score (nSPS) is 21.6. The van der Waals surface area contributed by atoms with Crippen LogP contribution in [0, 0.1) is 11.6 Å². The average Bonchev–Trinajstić information content (AvgIpc) is 3.03. The Balaban J connectivity index is 1.42. The van der Waals surface area contributed by atoms with Crippen LogP contribution < -0.4 is 5.32 Å². The van der Waals surface area contributed by atoms with Crippen LogP contribution in [0.3, 0.4) is 0 Å². The standard InChI is InChI=1S/C22H22F2N4O5S/c1-22(15-6-3-2-4-7-15)20(30)28(21(31)25-22)14-18(29)26-10-12-27(13-11-26)34(32,33)19-16(23)8-5-9-17(19)24/h2-9H,10-14H2,1H3,(H,25,31)/t22-/m0/s1. The van der Waals surface area contributed by atoms with E-state index >= 15 is 0 Å².